The van der Waals surface area contributed by atoms with Crippen molar-refractivity contribution in [2.45, 2.75) is 65.1 Å². The lowest BCUT2D eigenvalue weighted by Crippen LogP contribution is -2.30. The van der Waals surface area contributed by atoms with Gasteiger partial charge in [-0.2, -0.15) is 0 Å². The van der Waals surface area contributed by atoms with Crippen LogP contribution >= 0.6 is 15.9 Å². The van der Waals surface area contributed by atoms with Gasteiger partial charge in [0.2, 0.25) is 0 Å². The molecule has 2 aromatic carbocycles. The summed E-state index contributed by atoms with van der Waals surface area (Å²) >= 11 is 3.69. The Balaban J connectivity index is 1.68. The average molecular weight is 432 g/mol. The number of rotatable bonds is 8. The van der Waals surface area contributed by atoms with Gasteiger partial charge in [0.1, 0.15) is 6.61 Å². The van der Waals surface area contributed by atoms with Gasteiger partial charge in [0.15, 0.2) is 11.5 Å². The molecule has 1 saturated carbocycles. The first-order valence-corrected chi connectivity index (χ1v) is 10.8. The van der Waals surface area contributed by atoms with E-state index in [1.807, 2.05) is 6.92 Å². The van der Waals surface area contributed by atoms with Crippen molar-refractivity contribution in [3.8, 4) is 11.5 Å². The fourth-order valence-electron chi connectivity index (χ4n) is 3.54. The van der Waals surface area contributed by atoms with Gasteiger partial charge in [0, 0.05) is 12.6 Å². The highest BCUT2D eigenvalue weighted by atomic mass is 79.9. The highest BCUT2D eigenvalue weighted by Gasteiger charge is 2.15. The fraction of sp³-hybridized carbons (Fsp3) is 0.478. The maximum Gasteiger partial charge on any atom is 0.175 e. The number of hydrogen-bond donors (Lipinski definition) is 1. The summed E-state index contributed by atoms with van der Waals surface area (Å²) in [6.07, 6.45) is 6.65. The van der Waals surface area contributed by atoms with Crippen LogP contribution in [-0.4, -0.2) is 12.6 Å². The van der Waals surface area contributed by atoms with E-state index in [9.17, 15) is 0 Å². The summed E-state index contributed by atoms with van der Waals surface area (Å²) < 4.78 is 12.9. The van der Waals surface area contributed by atoms with Crippen LogP contribution in [0.2, 0.25) is 0 Å². The van der Waals surface area contributed by atoms with Gasteiger partial charge < -0.3 is 14.8 Å². The van der Waals surface area contributed by atoms with E-state index in [0.29, 0.717) is 19.3 Å². The van der Waals surface area contributed by atoms with E-state index in [-0.39, 0.29) is 0 Å². The molecule has 0 heterocycles. The molecule has 0 saturated heterocycles. The lowest BCUT2D eigenvalue weighted by atomic mass is 9.95. The number of benzene rings is 2. The van der Waals surface area contributed by atoms with Gasteiger partial charge in [-0.3, -0.25) is 0 Å². The minimum Gasteiger partial charge on any atom is -0.490 e. The molecule has 1 aliphatic rings. The van der Waals surface area contributed by atoms with Crippen LogP contribution in [-0.2, 0) is 13.2 Å². The number of halogens is 1. The van der Waals surface area contributed by atoms with Crippen LogP contribution in [0.3, 0.4) is 0 Å². The Kier molecular flexibility index (Phi) is 7.59. The molecule has 146 valence electrons. The third-order valence-corrected chi connectivity index (χ3v) is 5.66. The van der Waals surface area contributed by atoms with Crippen molar-refractivity contribution in [1.29, 1.82) is 0 Å². The van der Waals surface area contributed by atoms with Crippen LogP contribution in [0.5, 0.6) is 11.5 Å². The van der Waals surface area contributed by atoms with E-state index in [0.717, 1.165) is 28.1 Å². The lowest BCUT2D eigenvalue weighted by molar-refractivity contribution is 0.267. The zero-order chi connectivity index (χ0) is 19.1. The standard InChI is InChI=1S/C23H30BrNO2/c1-3-26-22-14-19(15-25-20-7-5-4-6-8-20)13-21(24)23(22)27-16-18-11-9-17(2)10-12-18/h9-14,20,25H,3-8,15-16H2,1-2H3. The Bertz CT molecular complexity index is 724. The van der Waals surface area contributed by atoms with Crippen LogP contribution in [0, 0.1) is 6.92 Å². The van der Waals surface area contributed by atoms with Crippen LogP contribution < -0.4 is 14.8 Å². The maximum absolute atomic E-state index is 6.10. The first-order valence-electron chi connectivity index (χ1n) is 10.0. The minimum absolute atomic E-state index is 0.526. The van der Waals surface area contributed by atoms with Crippen molar-refractivity contribution in [2.24, 2.45) is 0 Å². The molecular formula is C23H30BrNO2. The van der Waals surface area contributed by atoms with Crippen molar-refractivity contribution in [2.75, 3.05) is 6.61 Å². The molecule has 0 unspecified atom stereocenters. The van der Waals surface area contributed by atoms with Gasteiger partial charge in [-0.15, -0.1) is 0 Å². The van der Waals surface area contributed by atoms with Crippen LogP contribution in [0.15, 0.2) is 40.9 Å². The zero-order valence-electron chi connectivity index (χ0n) is 16.4. The van der Waals surface area contributed by atoms with E-state index in [4.69, 9.17) is 9.47 Å². The third kappa shape index (κ3) is 5.98. The maximum atomic E-state index is 6.10. The Hall–Kier alpha value is -1.52. The molecule has 3 nitrogen and oxygen atoms in total. The van der Waals surface area contributed by atoms with Crippen molar-refractivity contribution in [3.05, 3.63) is 57.6 Å². The normalized spacial score (nSPS) is 14.9. The van der Waals surface area contributed by atoms with E-state index in [1.165, 1.54) is 43.2 Å². The van der Waals surface area contributed by atoms with Gasteiger partial charge in [-0.1, -0.05) is 49.1 Å². The molecule has 1 aliphatic carbocycles. The molecule has 27 heavy (non-hydrogen) atoms. The second kappa shape index (κ2) is 10.1. The summed E-state index contributed by atoms with van der Waals surface area (Å²) in [7, 11) is 0. The summed E-state index contributed by atoms with van der Waals surface area (Å²) in [5.41, 5.74) is 3.63. The number of hydrogen-bond acceptors (Lipinski definition) is 3. The number of aryl methyl sites for hydroxylation is 1. The molecule has 0 bridgehead atoms. The number of ether oxygens (including phenoxy) is 2. The highest BCUT2D eigenvalue weighted by Crippen LogP contribution is 2.37. The first kappa shape index (κ1) is 20.2. The molecule has 4 heteroatoms. The quantitative estimate of drug-likeness (QED) is 0.542. The van der Waals surface area contributed by atoms with Crippen molar-refractivity contribution in [1.82, 2.24) is 5.32 Å². The fourth-order valence-corrected chi connectivity index (χ4v) is 4.14. The smallest absolute Gasteiger partial charge is 0.175 e. The van der Waals surface area contributed by atoms with E-state index < -0.39 is 0 Å². The SMILES string of the molecule is CCOc1cc(CNC2CCCCC2)cc(Br)c1OCc1ccc(C)cc1. The predicted octanol–water partition coefficient (Wildman–Crippen LogP) is 6.16. The first-order chi connectivity index (χ1) is 13.2. The topological polar surface area (TPSA) is 30.5 Å². The summed E-state index contributed by atoms with van der Waals surface area (Å²) in [4.78, 5) is 0. The van der Waals surface area contributed by atoms with E-state index in [1.54, 1.807) is 0 Å². The van der Waals surface area contributed by atoms with Gasteiger partial charge >= 0.3 is 0 Å². The molecule has 0 aliphatic heterocycles. The van der Waals surface area contributed by atoms with Gasteiger partial charge in [-0.05, 0) is 65.9 Å². The Labute approximate surface area is 171 Å². The Morgan fingerprint density at radius 3 is 2.44 bits per heavy atom. The van der Waals surface area contributed by atoms with Crippen LogP contribution in [0.1, 0.15) is 55.7 Å². The third-order valence-electron chi connectivity index (χ3n) is 5.07. The molecule has 0 atom stereocenters. The average Bonchev–Trinajstić information content (AvgIpc) is 2.68. The summed E-state index contributed by atoms with van der Waals surface area (Å²) in [5, 5.41) is 3.70. The second-order valence-electron chi connectivity index (χ2n) is 7.33. The predicted molar refractivity (Wildman–Crippen MR) is 115 cm³/mol. The van der Waals surface area contributed by atoms with Gasteiger partial charge in [-0.25, -0.2) is 0 Å². The van der Waals surface area contributed by atoms with E-state index in [2.05, 4.69) is 64.6 Å². The molecule has 0 spiro atoms. The molecule has 1 fully saturated rings. The molecule has 0 amide bonds. The Morgan fingerprint density at radius 2 is 1.74 bits per heavy atom. The van der Waals surface area contributed by atoms with Gasteiger partial charge in [0.25, 0.3) is 0 Å². The summed E-state index contributed by atoms with van der Waals surface area (Å²) in [5.74, 6) is 1.58. The minimum atomic E-state index is 0.526. The van der Waals surface area contributed by atoms with Crippen molar-refractivity contribution in [3.63, 3.8) is 0 Å². The highest BCUT2D eigenvalue weighted by molar-refractivity contribution is 9.10. The summed E-state index contributed by atoms with van der Waals surface area (Å²) in [6.45, 7) is 6.10. The summed E-state index contributed by atoms with van der Waals surface area (Å²) in [6, 6.07) is 13.3. The number of nitrogens with one attached hydrogen (secondary N) is 1. The molecular weight excluding hydrogens is 402 g/mol. The lowest BCUT2D eigenvalue weighted by Gasteiger charge is -2.23. The van der Waals surface area contributed by atoms with Crippen molar-refractivity contribution < 1.29 is 9.47 Å². The molecule has 1 N–H and O–H groups in total. The molecule has 0 radical (unpaired) electrons. The molecule has 0 aromatic heterocycles. The molecule has 2 aromatic rings. The molecule has 3 rings (SSSR count). The van der Waals surface area contributed by atoms with E-state index >= 15 is 0 Å². The van der Waals surface area contributed by atoms with Crippen molar-refractivity contribution >= 4 is 15.9 Å². The largest absolute Gasteiger partial charge is 0.490 e. The van der Waals surface area contributed by atoms with Gasteiger partial charge in [0.05, 0.1) is 11.1 Å². The van der Waals surface area contributed by atoms with Crippen LogP contribution in [0.25, 0.3) is 0 Å². The zero-order valence-corrected chi connectivity index (χ0v) is 18.0. The monoisotopic (exact) mass is 431 g/mol. The van der Waals surface area contributed by atoms with Crippen LogP contribution in [0.4, 0.5) is 0 Å². The second-order valence-corrected chi connectivity index (χ2v) is 8.18. The Morgan fingerprint density at radius 1 is 1.00 bits per heavy atom.